The van der Waals surface area contributed by atoms with Gasteiger partial charge in [0.2, 0.25) is 5.78 Å². The van der Waals surface area contributed by atoms with Gasteiger partial charge in [-0.1, -0.05) is 11.6 Å². The SMILES string of the molecule is COC(=O)c1c(C)[nH]c(C(=O)[C@@H](C)OC(=O)c2cc(SC)ccc2Cl)c1C. The van der Waals surface area contributed by atoms with Crippen molar-refractivity contribution in [3.8, 4) is 0 Å². The zero-order valence-corrected chi connectivity index (χ0v) is 17.2. The lowest BCUT2D eigenvalue weighted by Gasteiger charge is -2.13. The Labute approximate surface area is 166 Å². The molecule has 0 bridgehead atoms. The molecule has 1 N–H and O–H groups in total. The number of hydrogen-bond donors (Lipinski definition) is 1. The van der Waals surface area contributed by atoms with E-state index >= 15 is 0 Å². The Balaban J connectivity index is 2.24. The van der Waals surface area contributed by atoms with Crippen LogP contribution in [0.15, 0.2) is 23.1 Å². The van der Waals surface area contributed by atoms with Gasteiger partial charge in [-0.3, -0.25) is 4.79 Å². The molecule has 1 heterocycles. The molecule has 144 valence electrons. The molecule has 0 aliphatic heterocycles. The number of benzene rings is 1. The summed E-state index contributed by atoms with van der Waals surface area (Å²) in [6.45, 7) is 4.77. The van der Waals surface area contributed by atoms with Crippen LogP contribution in [-0.4, -0.2) is 42.2 Å². The summed E-state index contributed by atoms with van der Waals surface area (Å²) in [5, 5.41) is 0.248. The average Bonchev–Trinajstić information content (AvgIpc) is 2.94. The molecule has 6 nitrogen and oxygen atoms in total. The number of thioether (sulfide) groups is 1. The van der Waals surface area contributed by atoms with Crippen LogP contribution < -0.4 is 0 Å². The summed E-state index contributed by atoms with van der Waals surface area (Å²) in [6, 6.07) is 5.02. The fraction of sp³-hybridized carbons (Fsp3) is 0.316. The number of ketones is 1. The van der Waals surface area contributed by atoms with E-state index in [4.69, 9.17) is 21.1 Å². The molecule has 0 spiro atoms. The van der Waals surface area contributed by atoms with Gasteiger partial charge in [0.1, 0.15) is 0 Å². The van der Waals surface area contributed by atoms with Crippen molar-refractivity contribution in [3.05, 3.63) is 51.3 Å². The number of hydrogen-bond acceptors (Lipinski definition) is 6. The first-order valence-corrected chi connectivity index (χ1v) is 9.67. The molecule has 1 aromatic carbocycles. The number of methoxy groups -OCH3 is 1. The Morgan fingerprint density at radius 3 is 2.44 bits per heavy atom. The molecular formula is C19H20ClNO5S. The lowest BCUT2D eigenvalue weighted by Crippen LogP contribution is -2.25. The first-order valence-electron chi connectivity index (χ1n) is 8.07. The molecule has 0 amide bonds. The number of halogens is 1. The van der Waals surface area contributed by atoms with Crippen molar-refractivity contribution in [2.75, 3.05) is 13.4 Å². The van der Waals surface area contributed by atoms with Crippen LogP contribution in [0, 0.1) is 13.8 Å². The number of esters is 2. The van der Waals surface area contributed by atoms with Crippen molar-refractivity contribution in [1.82, 2.24) is 4.98 Å². The van der Waals surface area contributed by atoms with E-state index in [-0.39, 0.29) is 16.3 Å². The molecule has 8 heteroatoms. The molecule has 1 atom stereocenters. The lowest BCUT2D eigenvalue weighted by atomic mass is 10.1. The monoisotopic (exact) mass is 409 g/mol. The van der Waals surface area contributed by atoms with Gasteiger partial charge < -0.3 is 14.5 Å². The highest BCUT2D eigenvalue weighted by molar-refractivity contribution is 7.98. The third kappa shape index (κ3) is 4.36. The van der Waals surface area contributed by atoms with Crippen molar-refractivity contribution in [2.45, 2.75) is 31.8 Å². The standard InChI is InChI=1S/C19H20ClNO5S/c1-9-15(19(24)25-4)10(2)21-16(9)17(22)11(3)26-18(23)13-8-12(27-5)6-7-14(13)20/h6-8,11,21H,1-5H3/t11-/m1/s1. The Hall–Kier alpha value is -2.25. The summed E-state index contributed by atoms with van der Waals surface area (Å²) in [5.41, 5.74) is 1.66. The number of carbonyl (C=O) groups is 3. The minimum atomic E-state index is -1.06. The number of aryl methyl sites for hydroxylation is 1. The van der Waals surface area contributed by atoms with E-state index < -0.39 is 23.8 Å². The third-order valence-electron chi connectivity index (χ3n) is 4.12. The van der Waals surface area contributed by atoms with Gasteiger partial charge in [-0.25, -0.2) is 9.59 Å². The first-order chi connectivity index (χ1) is 12.7. The Bertz CT molecular complexity index is 906. The van der Waals surface area contributed by atoms with Crippen LogP contribution in [0.3, 0.4) is 0 Å². The predicted octanol–water partition coefficient (Wildman–Crippen LogP) is 4.22. The maximum absolute atomic E-state index is 12.7. The maximum Gasteiger partial charge on any atom is 0.340 e. The van der Waals surface area contributed by atoms with Crippen LogP contribution in [0.2, 0.25) is 5.02 Å². The molecule has 2 rings (SSSR count). The molecule has 0 fully saturated rings. The zero-order chi connectivity index (χ0) is 20.3. The quantitative estimate of drug-likeness (QED) is 0.436. The van der Waals surface area contributed by atoms with Crippen LogP contribution in [0.4, 0.5) is 0 Å². The minimum absolute atomic E-state index is 0.192. The van der Waals surface area contributed by atoms with E-state index in [9.17, 15) is 14.4 Å². The number of ether oxygens (including phenoxy) is 2. The van der Waals surface area contributed by atoms with Crippen LogP contribution in [0.5, 0.6) is 0 Å². The highest BCUT2D eigenvalue weighted by Gasteiger charge is 2.28. The van der Waals surface area contributed by atoms with Gasteiger partial charge in [0, 0.05) is 10.6 Å². The van der Waals surface area contributed by atoms with E-state index in [1.165, 1.54) is 25.8 Å². The molecule has 0 aliphatic rings. The average molecular weight is 410 g/mol. The topological polar surface area (TPSA) is 85.5 Å². The van der Waals surface area contributed by atoms with Crippen LogP contribution in [-0.2, 0) is 9.47 Å². The number of aromatic nitrogens is 1. The first kappa shape index (κ1) is 21.1. The number of rotatable bonds is 6. The van der Waals surface area contributed by atoms with Crippen LogP contribution >= 0.6 is 23.4 Å². The van der Waals surface area contributed by atoms with Gasteiger partial charge in [0.15, 0.2) is 6.10 Å². The Kier molecular flexibility index (Phi) is 6.73. The molecule has 27 heavy (non-hydrogen) atoms. The van der Waals surface area contributed by atoms with Gasteiger partial charge in [0.05, 0.1) is 29.0 Å². The van der Waals surface area contributed by atoms with E-state index in [0.29, 0.717) is 16.8 Å². The van der Waals surface area contributed by atoms with E-state index in [0.717, 1.165) is 4.90 Å². The minimum Gasteiger partial charge on any atom is -0.465 e. The van der Waals surface area contributed by atoms with Gasteiger partial charge in [-0.05, 0) is 50.8 Å². The van der Waals surface area contributed by atoms with E-state index in [2.05, 4.69) is 4.98 Å². The predicted molar refractivity (Wildman–Crippen MR) is 104 cm³/mol. The third-order valence-corrected chi connectivity index (χ3v) is 5.17. The van der Waals surface area contributed by atoms with Gasteiger partial charge in [0.25, 0.3) is 0 Å². The summed E-state index contributed by atoms with van der Waals surface area (Å²) < 4.78 is 10.0. The molecule has 0 saturated heterocycles. The number of carbonyl (C=O) groups excluding carboxylic acids is 3. The maximum atomic E-state index is 12.7. The largest absolute Gasteiger partial charge is 0.465 e. The lowest BCUT2D eigenvalue weighted by molar-refractivity contribution is 0.0316. The van der Waals surface area contributed by atoms with Crippen molar-refractivity contribution >= 4 is 41.1 Å². The summed E-state index contributed by atoms with van der Waals surface area (Å²) in [5.74, 6) is -1.67. The van der Waals surface area contributed by atoms with Gasteiger partial charge in [-0.15, -0.1) is 11.8 Å². The van der Waals surface area contributed by atoms with Crippen molar-refractivity contribution in [2.24, 2.45) is 0 Å². The molecule has 2 aromatic rings. The molecule has 1 aromatic heterocycles. The second-order valence-corrected chi connectivity index (χ2v) is 7.16. The van der Waals surface area contributed by atoms with E-state index in [1.54, 1.807) is 32.0 Å². The van der Waals surface area contributed by atoms with Crippen molar-refractivity contribution in [1.29, 1.82) is 0 Å². The molecule has 0 radical (unpaired) electrons. The van der Waals surface area contributed by atoms with Crippen molar-refractivity contribution < 1.29 is 23.9 Å². The molecular weight excluding hydrogens is 390 g/mol. The van der Waals surface area contributed by atoms with Gasteiger partial charge in [-0.2, -0.15) is 0 Å². The number of aromatic amines is 1. The molecule has 0 aliphatic carbocycles. The highest BCUT2D eigenvalue weighted by Crippen LogP contribution is 2.25. The Morgan fingerprint density at radius 1 is 1.19 bits per heavy atom. The zero-order valence-electron chi connectivity index (χ0n) is 15.6. The summed E-state index contributed by atoms with van der Waals surface area (Å²) in [6.07, 6.45) is 0.813. The summed E-state index contributed by atoms with van der Waals surface area (Å²) in [7, 11) is 1.27. The van der Waals surface area contributed by atoms with Crippen molar-refractivity contribution in [3.63, 3.8) is 0 Å². The normalized spacial score (nSPS) is 11.8. The fourth-order valence-electron chi connectivity index (χ4n) is 2.67. The smallest absolute Gasteiger partial charge is 0.340 e. The Morgan fingerprint density at radius 2 is 1.85 bits per heavy atom. The number of H-pyrrole nitrogens is 1. The van der Waals surface area contributed by atoms with Gasteiger partial charge >= 0.3 is 11.9 Å². The number of nitrogens with one attached hydrogen (secondary N) is 1. The fourth-order valence-corrected chi connectivity index (χ4v) is 3.31. The highest BCUT2D eigenvalue weighted by atomic mass is 35.5. The van der Waals surface area contributed by atoms with Crippen LogP contribution in [0.1, 0.15) is 49.4 Å². The second-order valence-electron chi connectivity index (χ2n) is 5.87. The number of Topliss-reactive ketones (excluding diaryl/α,β-unsaturated/α-hetero) is 1. The summed E-state index contributed by atoms with van der Waals surface area (Å²) in [4.78, 5) is 40.8. The summed E-state index contributed by atoms with van der Waals surface area (Å²) >= 11 is 7.54. The van der Waals surface area contributed by atoms with E-state index in [1.807, 2.05) is 6.26 Å². The second kappa shape index (κ2) is 8.63. The molecule has 0 saturated carbocycles. The van der Waals surface area contributed by atoms with Crippen LogP contribution in [0.25, 0.3) is 0 Å². The molecule has 0 unspecified atom stereocenters.